The lowest BCUT2D eigenvalue weighted by Gasteiger charge is -2.35. The van der Waals surface area contributed by atoms with E-state index in [0.29, 0.717) is 6.54 Å². The number of carbonyl (C=O) groups is 2. The zero-order valence-electron chi connectivity index (χ0n) is 17.4. The lowest BCUT2D eigenvalue weighted by molar-refractivity contribution is -0.133. The Morgan fingerprint density at radius 1 is 1.30 bits per heavy atom. The molecule has 2 amide bonds. The Balaban J connectivity index is 1.52. The molecular weight excluding hydrogens is 376 g/mol. The molecule has 2 heterocycles. The number of rotatable bonds is 3. The van der Waals surface area contributed by atoms with E-state index < -0.39 is 11.6 Å². The summed E-state index contributed by atoms with van der Waals surface area (Å²) in [5.41, 5.74) is 1.25. The standard InChI is InChI=1S/C24H28N4O2/c1-28-14-13-25-23(30)21(28)16-22(29)27-24(10-5-2-6-11-24)12-9-18-15-19-7-3-4-8-20(19)26-17-18/h3-4,7-8,15,17,21H,2,5-6,10-11,13-14,16H2,1H3,(H,25,30)(H,27,29)/t21-/m0/s1. The highest BCUT2D eigenvalue weighted by Gasteiger charge is 2.35. The van der Waals surface area contributed by atoms with E-state index >= 15 is 0 Å². The average Bonchev–Trinajstić information content (AvgIpc) is 2.75. The number of fused-ring (bicyclic) bond motifs is 1. The molecule has 6 heteroatoms. The van der Waals surface area contributed by atoms with Gasteiger partial charge in [-0.1, -0.05) is 49.3 Å². The summed E-state index contributed by atoms with van der Waals surface area (Å²) in [7, 11) is 1.89. The van der Waals surface area contributed by atoms with Crippen LogP contribution in [0.1, 0.15) is 44.1 Å². The minimum atomic E-state index is -0.537. The molecule has 0 bridgehead atoms. The highest BCUT2D eigenvalue weighted by atomic mass is 16.2. The summed E-state index contributed by atoms with van der Waals surface area (Å²) in [5.74, 6) is 6.43. The molecule has 0 radical (unpaired) electrons. The molecule has 1 saturated carbocycles. The van der Waals surface area contributed by atoms with Crippen molar-refractivity contribution in [3.63, 3.8) is 0 Å². The van der Waals surface area contributed by atoms with Gasteiger partial charge >= 0.3 is 0 Å². The van der Waals surface area contributed by atoms with E-state index in [2.05, 4.69) is 27.5 Å². The van der Waals surface area contributed by atoms with Crippen molar-refractivity contribution in [2.75, 3.05) is 20.1 Å². The number of pyridine rings is 1. The van der Waals surface area contributed by atoms with E-state index in [9.17, 15) is 9.59 Å². The Bertz CT molecular complexity index is 1000. The topological polar surface area (TPSA) is 74.3 Å². The predicted molar refractivity (Wildman–Crippen MR) is 117 cm³/mol. The molecule has 30 heavy (non-hydrogen) atoms. The van der Waals surface area contributed by atoms with Crippen molar-refractivity contribution >= 4 is 22.7 Å². The summed E-state index contributed by atoms with van der Waals surface area (Å²) >= 11 is 0. The van der Waals surface area contributed by atoms with Gasteiger partial charge in [-0.3, -0.25) is 19.5 Å². The summed E-state index contributed by atoms with van der Waals surface area (Å²) in [6, 6.07) is 9.58. The molecule has 156 valence electrons. The maximum absolute atomic E-state index is 12.9. The molecule has 4 rings (SSSR count). The first-order chi connectivity index (χ1) is 14.5. The molecule has 1 atom stereocenters. The number of carbonyl (C=O) groups excluding carboxylic acids is 2. The molecule has 2 aromatic rings. The quantitative estimate of drug-likeness (QED) is 0.770. The number of nitrogens with one attached hydrogen (secondary N) is 2. The molecule has 1 aromatic carbocycles. The van der Waals surface area contributed by atoms with Gasteiger partial charge in [0, 0.05) is 30.2 Å². The van der Waals surface area contributed by atoms with Crippen molar-refractivity contribution in [3.05, 3.63) is 42.1 Å². The second kappa shape index (κ2) is 8.85. The van der Waals surface area contributed by atoms with Gasteiger partial charge in [0.25, 0.3) is 0 Å². The number of hydrogen-bond donors (Lipinski definition) is 2. The van der Waals surface area contributed by atoms with Crippen LogP contribution in [0.15, 0.2) is 36.5 Å². The number of piperazine rings is 1. The third kappa shape index (κ3) is 4.63. The number of benzene rings is 1. The normalized spacial score (nSPS) is 21.4. The molecule has 2 fully saturated rings. The zero-order valence-corrected chi connectivity index (χ0v) is 17.4. The first-order valence-electron chi connectivity index (χ1n) is 10.7. The highest BCUT2D eigenvalue weighted by molar-refractivity contribution is 5.89. The predicted octanol–water partition coefficient (Wildman–Crippen LogP) is 2.23. The Labute approximate surface area is 177 Å². The lowest BCUT2D eigenvalue weighted by Crippen LogP contribution is -2.56. The minimum absolute atomic E-state index is 0.0788. The van der Waals surface area contributed by atoms with Gasteiger partial charge in [-0.25, -0.2) is 0 Å². The largest absolute Gasteiger partial charge is 0.353 e. The molecule has 1 aromatic heterocycles. The molecule has 6 nitrogen and oxygen atoms in total. The molecule has 0 unspecified atom stereocenters. The number of hydrogen-bond acceptors (Lipinski definition) is 4. The van der Waals surface area contributed by atoms with Crippen LogP contribution >= 0.6 is 0 Å². The summed E-state index contributed by atoms with van der Waals surface area (Å²) < 4.78 is 0. The van der Waals surface area contributed by atoms with Gasteiger partial charge in [0.2, 0.25) is 11.8 Å². The zero-order chi connectivity index (χ0) is 21.0. The van der Waals surface area contributed by atoms with Gasteiger partial charge in [-0.05, 0) is 32.0 Å². The maximum Gasteiger partial charge on any atom is 0.237 e. The number of para-hydroxylation sites is 1. The van der Waals surface area contributed by atoms with Crippen LogP contribution in [0.3, 0.4) is 0 Å². The van der Waals surface area contributed by atoms with Gasteiger partial charge in [-0.15, -0.1) is 0 Å². The minimum Gasteiger partial charge on any atom is -0.353 e. The van der Waals surface area contributed by atoms with Crippen LogP contribution in [0.2, 0.25) is 0 Å². The van der Waals surface area contributed by atoms with Gasteiger partial charge in [0.15, 0.2) is 0 Å². The first-order valence-corrected chi connectivity index (χ1v) is 10.7. The number of likely N-dealkylation sites (N-methyl/N-ethyl adjacent to an activating group) is 1. The molecule has 1 aliphatic carbocycles. The van der Waals surface area contributed by atoms with E-state index in [1.54, 1.807) is 6.20 Å². The summed E-state index contributed by atoms with van der Waals surface area (Å²) in [6.07, 6.45) is 6.84. The number of aromatic nitrogens is 1. The lowest BCUT2D eigenvalue weighted by atomic mass is 9.81. The van der Waals surface area contributed by atoms with Crippen LogP contribution in [0.5, 0.6) is 0 Å². The molecule has 2 N–H and O–H groups in total. The molecule has 1 aliphatic heterocycles. The summed E-state index contributed by atoms with van der Waals surface area (Å²) in [4.78, 5) is 31.5. The van der Waals surface area contributed by atoms with Crippen LogP contribution in [0.25, 0.3) is 10.9 Å². The van der Waals surface area contributed by atoms with Crippen LogP contribution in [0.4, 0.5) is 0 Å². The van der Waals surface area contributed by atoms with Crippen molar-refractivity contribution in [2.45, 2.75) is 50.1 Å². The van der Waals surface area contributed by atoms with E-state index in [1.165, 1.54) is 0 Å². The van der Waals surface area contributed by atoms with Gasteiger partial charge in [0.05, 0.1) is 18.0 Å². The van der Waals surface area contributed by atoms with Crippen LogP contribution in [-0.2, 0) is 9.59 Å². The Morgan fingerprint density at radius 3 is 2.90 bits per heavy atom. The van der Waals surface area contributed by atoms with Crippen molar-refractivity contribution in [1.82, 2.24) is 20.5 Å². The third-order valence-corrected chi connectivity index (χ3v) is 6.10. The van der Waals surface area contributed by atoms with Crippen molar-refractivity contribution < 1.29 is 9.59 Å². The SMILES string of the molecule is CN1CCNC(=O)[C@@H]1CC(=O)NC1(C#Cc2cnc3ccccc3c2)CCCCC1. The van der Waals surface area contributed by atoms with Crippen molar-refractivity contribution in [3.8, 4) is 11.8 Å². The molecule has 1 saturated heterocycles. The fourth-order valence-electron chi connectivity index (χ4n) is 4.34. The Morgan fingerprint density at radius 2 is 2.10 bits per heavy atom. The van der Waals surface area contributed by atoms with Crippen LogP contribution in [-0.4, -0.2) is 53.4 Å². The van der Waals surface area contributed by atoms with E-state index in [1.807, 2.05) is 42.3 Å². The van der Waals surface area contributed by atoms with Crippen molar-refractivity contribution in [1.29, 1.82) is 0 Å². The fourth-order valence-corrected chi connectivity index (χ4v) is 4.34. The van der Waals surface area contributed by atoms with Gasteiger partial charge in [0.1, 0.15) is 5.54 Å². The van der Waals surface area contributed by atoms with E-state index in [-0.39, 0.29) is 18.2 Å². The second-order valence-electron chi connectivity index (χ2n) is 8.35. The van der Waals surface area contributed by atoms with E-state index in [4.69, 9.17) is 0 Å². The smallest absolute Gasteiger partial charge is 0.237 e. The van der Waals surface area contributed by atoms with E-state index in [0.717, 1.165) is 55.1 Å². The van der Waals surface area contributed by atoms with Gasteiger partial charge in [-0.2, -0.15) is 0 Å². The monoisotopic (exact) mass is 404 g/mol. The average molecular weight is 405 g/mol. The molecular formula is C24H28N4O2. The fraction of sp³-hybridized carbons (Fsp3) is 0.458. The summed E-state index contributed by atoms with van der Waals surface area (Å²) in [5, 5.41) is 7.09. The summed E-state index contributed by atoms with van der Waals surface area (Å²) in [6.45, 7) is 1.38. The second-order valence-corrected chi connectivity index (χ2v) is 8.35. The van der Waals surface area contributed by atoms with Crippen molar-refractivity contribution in [2.24, 2.45) is 0 Å². The molecule has 0 spiro atoms. The first kappa shape index (κ1) is 20.4. The maximum atomic E-state index is 12.9. The Kier molecular flexibility index (Phi) is 6.01. The third-order valence-electron chi connectivity index (χ3n) is 6.10. The van der Waals surface area contributed by atoms with Gasteiger partial charge < -0.3 is 10.6 Å². The van der Waals surface area contributed by atoms with Crippen LogP contribution < -0.4 is 10.6 Å². The number of nitrogens with zero attached hydrogens (tertiary/aromatic N) is 2. The molecule has 2 aliphatic rings. The van der Waals surface area contributed by atoms with Crippen LogP contribution in [0, 0.1) is 11.8 Å². The number of amides is 2. The highest BCUT2D eigenvalue weighted by Crippen LogP contribution is 2.28. The Hall–Kier alpha value is -2.91.